The highest BCUT2D eigenvalue weighted by molar-refractivity contribution is 5.71. The molecule has 2 aromatic carbocycles. The number of hydrogen-bond donors (Lipinski definition) is 2. The highest BCUT2D eigenvalue weighted by Crippen LogP contribution is 2.29. The molecular formula is C20H25NO3. The summed E-state index contributed by atoms with van der Waals surface area (Å²) in [6.07, 6.45) is 2.07. The van der Waals surface area contributed by atoms with Crippen LogP contribution < -0.4 is 5.32 Å². The van der Waals surface area contributed by atoms with Gasteiger partial charge in [0.2, 0.25) is 0 Å². The molecule has 128 valence electrons. The minimum absolute atomic E-state index is 0.161. The average Bonchev–Trinajstić information content (AvgIpc) is 2.57. The highest BCUT2D eigenvalue weighted by atomic mass is 16.5. The van der Waals surface area contributed by atoms with E-state index in [4.69, 9.17) is 4.74 Å². The quantitative estimate of drug-likeness (QED) is 0.423. The second kappa shape index (κ2) is 8.96. The van der Waals surface area contributed by atoms with Crippen molar-refractivity contribution in [2.75, 3.05) is 11.9 Å². The van der Waals surface area contributed by atoms with E-state index in [1.165, 1.54) is 0 Å². The van der Waals surface area contributed by atoms with Gasteiger partial charge >= 0.3 is 5.97 Å². The number of esters is 1. The molecule has 0 fully saturated rings. The number of aromatic hydroxyl groups is 1. The molecule has 0 aliphatic carbocycles. The Hall–Kier alpha value is -2.49. The van der Waals surface area contributed by atoms with E-state index < -0.39 is 0 Å². The molecule has 0 aliphatic rings. The predicted octanol–water partition coefficient (Wildman–Crippen LogP) is 4.59. The maximum absolute atomic E-state index is 12.1. The zero-order valence-corrected chi connectivity index (χ0v) is 14.3. The molecular weight excluding hydrogens is 302 g/mol. The Balaban J connectivity index is 2.13. The van der Waals surface area contributed by atoms with E-state index in [-0.39, 0.29) is 24.2 Å². The summed E-state index contributed by atoms with van der Waals surface area (Å²) in [5, 5.41) is 13.2. The van der Waals surface area contributed by atoms with Gasteiger partial charge in [0.25, 0.3) is 0 Å². The molecule has 4 heteroatoms. The molecule has 0 heterocycles. The minimum Gasteiger partial charge on any atom is -0.506 e. The Morgan fingerprint density at radius 2 is 1.88 bits per heavy atom. The van der Waals surface area contributed by atoms with Crippen molar-refractivity contribution >= 4 is 11.7 Å². The fraction of sp³-hybridized carbons (Fsp3) is 0.350. The van der Waals surface area contributed by atoms with Gasteiger partial charge in [-0.25, -0.2) is 0 Å². The van der Waals surface area contributed by atoms with Crippen molar-refractivity contribution in [3.63, 3.8) is 0 Å². The van der Waals surface area contributed by atoms with E-state index in [0.29, 0.717) is 12.3 Å². The summed E-state index contributed by atoms with van der Waals surface area (Å²) in [6.45, 7) is 4.53. The summed E-state index contributed by atoms with van der Waals surface area (Å²) in [7, 11) is 0. The maximum Gasteiger partial charge on any atom is 0.308 e. The molecule has 0 saturated carbocycles. The van der Waals surface area contributed by atoms with Crippen molar-refractivity contribution < 1.29 is 14.6 Å². The summed E-state index contributed by atoms with van der Waals surface area (Å²) in [6, 6.07) is 14.8. The molecule has 2 aromatic rings. The summed E-state index contributed by atoms with van der Waals surface area (Å²) >= 11 is 0. The van der Waals surface area contributed by atoms with E-state index >= 15 is 0 Å². The SMILES string of the molecule is CCCCOC(=O)C[C@@H](Nc1ccccc1O)c1ccc(C)cc1. The van der Waals surface area contributed by atoms with Crippen LogP contribution in [0, 0.1) is 6.92 Å². The molecule has 0 aromatic heterocycles. The number of carbonyl (C=O) groups excluding carboxylic acids is 1. The van der Waals surface area contributed by atoms with Crippen LogP contribution in [0.1, 0.15) is 43.4 Å². The molecule has 24 heavy (non-hydrogen) atoms. The predicted molar refractivity (Wildman–Crippen MR) is 96.1 cm³/mol. The van der Waals surface area contributed by atoms with Crippen LogP contribution in [0.25, 0.3) is 0 Å². The fourth-order valence-electron chi connectivity index (χ4n) is 2.39. The number of carbonyl (C=O) groups is 1. The molecule has 0 aliphatic heterocycles. The summed E-state index contributed by atoms with van der Waals surface area (Å²) < 4.78 is 5.28. The van der Waals surface area contributed by atoms with Gasteiger partial charge < -0.3 is 15.2 Å². The summed E-state index contributed by atoms with van der Waals surface area (Å²) in [5.41, 5.74) is 2.74. The highest BCUT2D eigenvalue weighted by Gasteiger charge is 2.18. The number of nitrogens with one attached hydrogen (secondary N) is 1. The van der Waals surface area contributed by atoms with Gasteiger partial charge in [0.1, 0.15) is 5.75 Å². The van der Waals surface area contributed by atoms with E-state index in [0.717, 1.165) is 24.0 Å². The van der Waals surface area contributed by atoms with Crippen LogP contribution >= 0.6 is 0 Å². The molecule has 2 N–H and O–H groups in total. The maximum atomic E-state index is 12.1. The van der Waals surface area contributed by atoms with E-state index in [1.807, 2.05) is 37.3 Å². The normalized spacial score (nSPS) is 11.8. The molecule has 1 atom stereocenters. The number of anilines is 1. The molecule has 4 nitrogen and oxygen atoms in total. The molecule has 0 bridgehead atoms. The average molecular weight is 327 g/mol. The third-order valence-corrected chi connectivity index (χ3v) is 3.85. The van der Waals surface area contributed by atoms with Gasteiger partial charge in [-0.15, -0.1) is 0 Å². The van der Waals surface area contributed by atoms with Gasteiger partial charge in [-0.05, 0) is 31.0 Å². The molecule has 0 spiro atoms. The number of rotatable bonds is 8. The number of benzene rings is 2. The van der Waals surface area contributed by atoms with Crippen LogP contribution in [0.2, 0.25) is 0 Å². The number of hydrogen-bond acceptors (Lipinski definition) is 4. The van der Waals surface area contributed by atoms with E-state index in [1.54, 1.807) is 18.2 Å². The smallest absolute Gasteiger partial charge is 0.308 e. The fourth-order valence-corrected chi connectivity index (χ4v) is 2.39. The lowest BCUT2D eigenvalue weighted by molar-refractivity contribution is -0.144. The third kappa shape index (κ3) is 5.30. The standard InChI is InChI=1S/C20H25NO3/c1-3-4-13-24-20(23)14-18(16-11-9-15(2)10-12-16)21-17-7-5-6-8-19(17)22/h5-12,18,21-22H,3-4,13-14H2,1-2H3/t18-/m1/s1. The second-order valence-corrected chi connectivity index (χ2v) is 5.90. The molecule has 0 radical (unpaired) electrons. The third-order valence-electron chi connectivity index (χ3n) is 3.85. The lowest BCUT2D eigenvalue weighted by Crippen LogP contribution is -2.17. The van der Waals surface area contributed by atoms with Gasteiger partial charge in [0, 0.05) is 0 Å². The number of para-hydroxylation sites is 2. The Morgan fingerprint density at radius 1 is 1.17 bits per heavy atom. The summed E-state index contributed by atoms with van der Waals surface area (Å²) in [4.78, 5) is 12.1. The summed E-state index contributed by atoms with van der Waals surface area (Å²) in [5.74, 6) is -0.0779. The van der Waals surface area contributed by atoms with Crippen molar-refractivity contribution in [1.82, 2.24) is 0 Å². The second-order valence-electron chi connectivity index (χ2n) is 5.90. The zero-order valence-electron chi connectivity index (χ0n) is 14.3. The number of unbranched alkanes of at least 4 members (excludes halogenated alkanes) is 1. The van der Waals surface area contributed by atoms with Crippen molar-refractivity contribution in [3.05, 3.63) is 59.7 Å². The number of aryl methyl sites for hydroxylation is 1. The van der Waals surface area contributed by atoms with Crippen molar-refractivity contribution in [3.8, 4) is 5.75 Å². The zero-order chi connectivity index (χ0) is 17.4. The first-order chi connectivity index (χ1) is 11.6. The Bertz CT molecular complexity index is 652. The van der Waals surface area contributed by atoms with Crippen LogP contribution in [0.5, 0.6) is 5.75 Å². The first-order valence-corrected chi connectivity index (χ1v) is 8.37. The molecule has 0 unspecified atom stereocenters. The molecule has 0 saturated heterocycles. The van der Waals surface area contributed by atoms with E-state index in [9.17, 15) is 9.90 Å². The van der Waals surface area contributed by atoms with Gasteiger partial charge in [0.15, 0.2) is 0 Å². The van der Waals surface area contributed by atoms with Gasteiger partial charge in [-0.3, -0.25) is 4.79 Å². The van der Waals surface area contributed by atoms with E-state index in [2.05, 4.69) is 12.2 Å². The number of ether oxygens (including phenoxy) is 1. The van der Waals surface area contributed by atoms with Crippen molar-refractivity contribution in [1.29, 1.82) is 0 Å². The first-order valence-electron chi connectivity index (χ1n) is 8.37. The Kier molecular flexibility index (Phi) is 6.67. The Labute approximate surface area is 143 Å². The van der Waals surface area contributed by atoms with Crippen molar-refractivity contribution in [2.45, 2.75) is 39.2 Å². The lowest BCUT2D eigenvalue weighted by atomic mass is 10.0. The van der Waals surface area contributed by atoms with Gasteiger partial charge in [-0.1, -0.05) is 55.3 Å². The van der Waals surface area contributed by atoms with Crippen LogP contribution in [-0.2, 0) is 9.53 Å². The number of phenols is 1. The monoisotopic (exact) mass is 327 g/mol. The topological polar surface area (TPSA) is 58.6 Å². The Morgan fingerprint density at radius 3 is 2.54 bits per heavy atom. The first kappa shape index (κ1) is 17.9. The van der Waals surface area contributed by atoms with Crippen LogP contribution in [0.15, 0.2) is 48.5 Å². The van der Waals surface area contributed by atoms with Crippen LogP contribution in [0.4, 0.5) is 5.69 Å². The van der Waals surface area contributed by atoms with Crippen LogP contribution in [-0.4, -0.2) is 17.7 Å². The van der Waals surface area contributed by atoms with Crippen molar-refractivity contribution in [2.24, 2.45) is 0 Å². The minimum atomic E-state index is -0.256. The van der Waals surface area contributed by atoms with Gasteiger partial charge in [0.05, 0.1) is 24.8 Å². The lowest BCUT2D eigenvalue weighted by Gasteiger charge is -2.20. The van der Waals surface area contributed by atoms with Crippen LogP contribution in [0.3, 0.4) is 0 Å². The number of phenolic OH excluding ortho intramolecular Hbond substituents is 1. The molecule has 0 amide bonds. The molecule has 2 rings (SSSR count). The van der Waals surface area contributed by atoms with Gasteiger partial charge in [-0.2, -0.15) is 0 Å². The largest absolute Gasteiger partial charge is 0.506 e.